The van der Waals surface area contributed by atoms with Gasteiger partial charge in [-0.3, -0.25) is 9.59 Å². The number of carbonyl (C=O) groups excluding carboxylic acids is 2. The van der Waals surface area contributed by atoms with Gasteiger partial charge in [-0.05, 0) is 36.8 Å². The number of allylic oxidation sites excluding steroid dienone is 6. The quantitative estimate of drug-likeness (QED) is 0.247. The summed E-state index contributed by atoms with van der Waals surface area (Å²) < 4.78 is 5.30. The van der Waals surface area contributed by atoms with E-state index in [2.05, 4.69) is 18.5 Å². The third-order valence-electron chi connectivity index (χ3n) is 4.90. The number of nitrogens with one attached hydrogen (secondary N) is 1. The van der Waals surface area contributed by atoms with E-state index in [-0.39, 0.29) is 24.8 Å². The molecule has 2 amide bonds. The third kappa shape index (κ3) is 13.5. The fourth-order valence-electron chi connectivity index (χ4n) is 2.98. The lowest BCUT2D eigenvalue weighted by Crippen LogP contribution is -2.41. The first-order valence-electron chi connectivity index (χ1n) is 12.1. The molecule has 0 heterocycles. The summed E-state index contributed by atoms with van der Waals surface area (Å²) in [5, 5.41) is 5.39. The van der Waals surface area contributed by atoms with Crippen LogP contribution in [0.5, 0.6) is 0 Å². The Labute approximate surface area is 227 Å². The number of nitrogens with zero attached hydrogens (tertiary/aromatic N) is 1. The first kappa shape index (κ1) is 33.5. The van der Waals surface area contributed by atoms with E-state index < -0.39 is 6.10 Å². The van der Waals surface area contributed by atoms with E-state index in [4.69, 9.17) is 16.3 Å². The highest BCUT2D eigenvalue weighted by molar-refractivity contribution is 8.05. The van der Waals surface area contributed by atoms with Crippen LogP contribution in [0.1, 0.15) is 46.1 Å². The first-order valence-corrected chi connectivity index (χ1v) is 13.4. The average molecular weight is 533 g/mol. The Kier molecular flexibility index (Phi) is 19.2. The topological polar surface area (TPSA) is 58.6 Å². The number of amides is 2. The zero-order valence-electron chi connectivity index (χ0n) is 22.3. The molecule has 0 aliphatic carbocycles. The summed E-state index contributed by atoms with van der Waals surface area (Å²) in [6.07, 6.45) is 7.17. The molecule has 0 aliphatic rings. The van der Waals surface area contributed by atoms with E-state index >= 15 is 0 Å². The van der Waals surface area contributed by atoms with Gasteiger partial charge >= 0.3 is 0 Å². The standard InChI is InChI=1S/C27H35ClN2O3S.C2H6/c1-6-13-23(24(28)7-2)16-12-17-34-21(4)19-29-27(32)25(33-5)18-26(31)30(8-3)20-22-14-10-9-11-15-22;1-2/h6-7,9-15,17,25H,1,4,8,16,18-20H2,2-3,5H3,(H,29,32);1-2H3/b17-12+,23-13-,24-7+;/t25-;/m1./s1. The number of benzene rings is 1. The molecule has 0 spiro atoms. The van der Waals surface area contributed by atoms with E-state index in [9.17, 15) is 9.59 Å². The molecule has 0 saturated heterocycles. The van der Waals surface area contributed by atoms with Crippen molar-refractivity contribution in [3.8, 4) is 0 Å². The maximum Gasteiger partial charge on any atom is 0.249 e. The van der Waals surface area contributed by atoms with Gasteiger partial charge in [-0.15, -0.1) is 11.8 Å². The maximum absolute atomic E-state index is 12.7. The van der Waals surface area contributed by atoms with Crippen molar-refractivity contribution in [1.82, 2.24) is 10.2 Å². The van der Waals surface area contributed by atoms with Crippen LogP contribution < -0.4 is 5.32 Å². The monoisotopic (exact) mass is 532 g/mol. The van der Waals surface area contributed by atoms with Crippen molar-refractivity contribution in [2.75, 3.05) is 20.2 Å². The maximum atomic E-state index is 12.7. The molecule has 36 heavy (non-hydrogen) atoms. The van der Waals surface area contributed by atoms with Crippen molar-refractivity contribution < 1.29 is 14.3 Å². The van der Waals surface area contributed by atoms with Gasteiger partial charge in [-0.25, -0.2) is 0 Å². The van der Waals surface area contributed by atoms with Gasteiger partial charge < -0.3 is 15.0 Å². The van der Waals surface area contributed by atoms with Gasteiger partial charge in [0.05, 0.1) is 6.42 Å². The molecular weight excluding hydrogens is 492 g/mol. The average Bonchev–Trinajstić information content (AvgIpc) is 2.91. The minimum atomic E-state index is -0.861. The fraction of sp³-hybridized carbons (Fsp3) is 0.379. The molecule has 0 radical (unpaired) electrons. The highest BCUT2D eigenvalue weighted by Crippen LogP contribution is 2.21. The number of halogens is 1. The Balaban J connectivity index is 0.00000596. The molecule has 7 heteroatoms. The van der Waals surface area contributed by atoms with Gasteiger partial charge in [0, 0.05) is 36.7 Å². The lowest BCUT2D eigenvalue weighted by molar-refractivity contribution is -0.141. The van der Waals surface area contributed by atoms with Crippen LogP contribution in [0.15, 0.2) is 88.7 Å². The van der Waals surface area contributed by atoms with Gasteiger partial charge in [0.2, 0.25) is 11.8 Å². The molecule has 198 valence electrons. The largest absolute Gasteiger partial charge is 0.371 e. The minimum absolute atomic E-state index is 0.0212. The summed E-state index contributed by atoms with van der Waals surface area (Å²) in [7, 11) is 1.43. The number of methoxy groups -OCH3 is 1. The highest BCUT2D eigenvalue weighted by Gasteiger charge is 2.24. The molecule has 0 aliphatic heterocycles. The molecule has 1 rings (SSSR count). The number of hydrogen-bond donors (Lipinski definition) is 1. The molecule has 0 bridgehead atoms. The second-order valence-electron chi connectivity index (χ2n) is 7.34. The van der Waals surface area contributed by atoms with Crippen molar-refractivity contribution in [3.05, 3.63) is 94.3 Å². The molecule has 1 aromatic carbocycles. The van der Waals surface area contributed by atoms with Crippen LogP contribution in [0.2, 0.25) is 0 Å². The van der Waals surface area contributed by atoms with Gasteiger partial charge in [0.25, 0.3) is 0 Å². The minimum Gasteiger partial charge on any atom is -0.371 e. The van der Waals surface area contributed by atoms with E-state index in [1.165, 1.54) is 18.9 Å². The Morgan fingerprint density at radius 1 is 1.25 bits per heavy atom. The molecule has 5 nitrogen and oxygen atoms in total. The van der Waals surface area contributed by atoms with Crippen LogP contribution in [-0.4, -0.2) is 43.0 Å². The van der Waals surface area contributed by atoms with Crippen molar-refractivity contribution in [3.63, 3.8) is 0 Å². The van der Waals surface area contributed by atoms with Crippen molar-refractivity contribution in [2.45, 2.75) is 53.2 Å². The Hall–Kier alpha value is -2.54. The van der Waals surface area contributed by atoms with Crippen LogP contribution in [0, 0.1) is 0 Å². The SMILES string of the molecule is C=C/C=C(C/C=C/SC(=C)CNC(=O)[C@@H](CC(=O)N(CC)Cc1ccccc1)OC)\C(Cl)=C/C.CC. The van der Waals surface area contributed by atoms with Crippen molar-refractivity contribution in [2.24, 2.45) is 0 Å². The van der Waals surface area contributed by atoms with Crippen molar-refractivity contribution >= 4 is 35.2 Å². The molecule has 1 N–H and O–H groups in total. The highest BCUT2D eigenvalue weighted by atomic mass is 35.5. The molecule has 0 fully saturated rings. The molecule has 0 saturated carbocycles. The summed E-state index contributed by atoms with van der Waals surface area (Å²) in [5.41, 5.74) is 2.01. The molecule has 0 aromatic heterocycles. The number of carbonyl (C=O) groups is 2. The number of hydrogen-bond acceptors (Lipinski definition) is 4. The lowest BCUT2D eigenvalue weighted by Gasteiger charge is -2.23. The summed E-state index contributed by atoms with van der Waals surface area (Å²) >= 11 is 7.60. The Morgan fingerprint density at radius 2 is 1.92 bits per heavy atom. The predicted molar refractivity (Wildman–Crippen MR) is 156 cm³/mol. The van der Waals surface area contributed by atoms with Crippen molar-refractivity contribution in [1.29, 1.82) is 0 Å². The van der Waals surface area contributed by atoms with E-state index in [0.29, 0.717) is 24.5 Å². The van der Waals surface area contributed by atoms with Crippen LogP contribution in [0.4, 0.5) is 0 Å². The zero-order chi connectivity index (χ0) is 27.3. The van der Waals surface area contributed by atoms with Gasteiger partial charge in [-0.2, -0.15) is 0 Å². The van der Waals surface area contributed by atoms with Gasteiger partial charge in [0.15, 0.2) is 0 Å². The molecule has 1 atom stereocenters. The van der Waals surface area contributed by atoms with Crippen LogP contribution in [-0.2, 0) is 20.9 Å². The fourth-order valence-corrected chi connectivity index (χ4v) is 3.66. The van der Waals surface area contributed by atoms with E-state index in [1.807, 2.05) is 81.7 Å². The Bertz CT molecular complexity index is 910. The van der Waals surface area contributed by atoms with E-state index in [1.54, 1.807) is 11.0 Å². The number of ether oxygens (including phenoxy) is 1. The Morgan fingerprint density at radius 3 is 2.47 bits per heavy atom. The lowest BCUT2D eigenvalue weighted by atomic mass is 10.1. The summed E-state index contributed by atoms with van der Waals surface area (Å²) in [6, 6.07) is 9.76. The second kappa shape index (κ2) is 20.6. The number of thioether (sulfide) groups is 1. The van der Waals surface area contributed by atoms with Gasteiger partial charge in [-0.1, -0.05) is 93.2 Å². The zero-order valence-corrected chi connectivity index (χ0v) is 23.8. The second-order valence-corrected chi connectivity index (χ2v) is 8.83. The normalized spacial score (nSPS) is 12.4. The van der Waals surface area contributed by atoms with Crippen LogP contribution in [0.3, 0.4) is 0 Å². The summed E-state index contributed by atoms with van der Waals surface area (Å²) in [6.45, 7) is 16.8. The third-order valence-corrected chi connectivity index (χ3v) is 6.16. The van der Waals surface area contributed by atoms with Crippen LogP contribution in [0.25, 0.3) is 0 Å². The summed E-state index contributed by atoms with van der Waals surface area (Å²) in [5.74, 6) is -0.471. The molecular formula is C29H41ClN2O3S. The van der Waals surface area contributed by atoms with Crippen LogP contribution >= 0.6 is 23.4 Å². The van der Waals surface area contributed by atoms with Gasteiger partial charge in [0.1, 0.15) is 6.10 Å². The smallest absolute Gasteiger partial charge is 0.249 e. The van der Waals surface area contributed by atoms with E-state index in [0.717, 1.165) is 16.0 Å². The molecule has 0 unspecified atom stereocenters. The summed E-state index contributed by atoms with van der Waals surface area (Å²) in [4.78, 5) is 27.8. The first-order chi connectivity index (χ1) is 17.4. The molecule has 1 aromatic rings. The number of rotatable bonds is 15. The predicted octanol–water partition coefficient (Wildman–Crippen LogP) is 6.99.